The topological polar surface area (TPSA) is 78.9 Å². The molecular weight excluding hydrogens is 973 g/mol. The molecule has 0 aliphatic carbocycles. The number of allylic oxidation sites excluding steroid dienone is 16. The summed E-state index contributed by atoms with van der Waals surface area (Å²) in [5.74, 6) is -0.897. The van der Waals surface area contributed by atoms with Crippen LogP contribution < -0.4 is 0 Å². The molecule has 0 aliphatic heterocycles. The summed E-state index contributed by atoms with van der Waals surface area (Å²) < 4.78 is 16.9. The first kappa shape index (κ1) is 75.3. The molecule has 6 heteroatoms. The van der Waals surface area contributed by atoms with Crippen molar-refractivity contribution in [3.8, 4) is 0 Å². The fourth-order valence-corrected chi connectivity index (χ4v) is 9.56. The minimum Gasteiger partial charge on any atom is -0.462 e. The number of esters is 3. The summed E-state index contributed by atoms with van der Waals surface area (Å²) in [6, 6.07) is 0. The molecule has 0 heterocycles. The maximum absolute atomic E-state index is 12.9. The maximum atomic E-state index is 12.9. The highest BCUT2D eigenvalue weighted by Crippen LogP contribution is 2.17. The molecular formula is C73H126O6. The fourth-order valence-electron chi connectivity index (χ4n) is 9.56. The van der Waals surface area contributed by atoms with E-state index in [4.69, 9.17) is 14.2 Å². The molecule has 1 atom stereocenters. The maximum Gasteiger partial charge on any atom is 0.306 e. The van der Waals surface area contributed by atoms with Gasteiger partial charge in [-0.25, -0.2) is 0 Å². The highest BCUT2D eigenvalue weighted by molar-refractivity contribution is 5.71. The summed E-state index contributed by atoms with van der Waals surface area (Å²) in [6.07, 6.45) is 90.1. The van der Waals surface area contributed by atoms with E-state index in [1.807, 2.05) is 0 Å². The Labute approximate surface area is 489 Å². The quantitative estimate of drug-likeness (QED) is 0.0261. The van der Waals surface area contributed by atoms with E-state index in [2.05, 4.69) is 118 Å². The number of ether oxygens (including phenoxy) is 3. The van der Waals surface area contributed by atoms with Gasteiger partial charge in [0.2, 0.25) is 0 Å². The van der Waals surface area contributed by atoms with E-state index in [0.29, 0.717) is 19.3 Å². The van der Waals surface area contributed by atoms with Crippen LogP contribution in [-0.4, -0.2) is 37.2 Å². The second kappa shape index (κ2) is 66.8. The minimum absolute atomic E-state index is 0.0838. The van der Waals surface area contributed by atoms with E-state index in [9.17, 15) is 14.4 Å². The Morgan fingerprint density at radius 1 is 0.266 bits per heavy atom. The highest BCUT2D eigenvalue weighted by atomic mass is 16.6. The van der Waals surface area contributed by atoms with E-state index >= 15 is 0 Å². The van der Waals surface area contributed by atoms with Crippen LogP contribution >= 0.6 is 0 Å². The third kappa shape index (κ3) is 65.0. The van der Waals surface area contributed by atoms with Crippen LogP contribution in [0.4, 0.5) is 0 Å². The van der Waals surface area contributed by atoms with E-state index in [1.165, 1.54) is 161 Å². The van der Waals surface area contributed by atoms with Crippen molar-refractivity contribution in [3.63, 3.8) is 0 Å². The predicted octanol–water partition coefficient (Wildman–Crippen LogP) is 23.2. The summed E-state index contributed by atoms with van der Waals surface area (Å²) in [7, 11) is 0. The van der Waals surface area contributed by atoms with Crippen LogP contribution in [0, 0.1) is 0 Å². The zero-order valence-electron chi connectivity index (χ0n) is 52.1. The van der Waals surface area contributed by atoms with Gasteiger partial charge in [0.25, 0.3) is 0 Å². The van der Waals surface area contributed by atoms with Crippen LogP contribution in [0.1, 0.15) is 329 Å². The molecule has 79 heavy (non-hydrogen) atoms. The molecule has 6 nitrogen and oxygen atoms in total. The largest absolute Gasteiger partial charge is 0.462 e. The van der Waals surface area contributed by atoms with Gasteiger partial charge < -0.3 is 14.2 Å². The van der Waals surface area contributed by atoms with Gasteiger partial charge in [0.05, 0.1) is 0 Å². The van der Waals surface area contributed by atoms with Crippen LogP contribution in [0.3, 0.4) is 0 Å². The molecule has 1 unspecified atom stereocenters. The van der Waals surface area contributed by atoms with E-state index in [-0.39, 0.29) is 31.1 Å². The Morgan fingerprint density at radius 2 is 0.494 bits per heavy atom. The number of hydrogen-bond donors (Lipinski definition) is 0. The van der Waals surface area contributed by atoms with Gasteiger partial charge in [-0.1, -0.05) is 291 Å². The summed E-state index contributed by atoms with van der Waals surface area (Å²) in [4.78, 5) is 38.3. The molecule has 0 N–H and O–H groups in total. The molecule has 0 aliphatic rings. The lowest BCUT2D eigenvalue weighted by atomic mass is 10.0. The second-order valence-corrected chi connectivity index (χ2v) is 22.3. The third-order valence-corrected chi connectivity index (χ3v) is 14.6. The molecule has 0 aromatic rings. The van der Waals surface area contributed by atoms with E-state index in [0.717, 1.165) is 128 Å². The number of carbonyl (C=O) groups is 3. The summed E-state index contributed by atoms with van der Waals surface area (Å²) >= 11 is 0. The van der Waals surface area contributed by atoms with Crippen LogP contribution in [0.2, 0.25) is 0 Å². The average Bonchev–Trinajstić information content (AvgIpc) is 3.45. The van der Waals surface area contributed by atoms with Crippen molar-refractivity contribution in [1.29, 1.82) is 0 Å². The molecule has 0 spiro atoms. The Bertz CT molecular complexity index is 1540. The normalized spacial score (nSPS) is 12.7. The highest BCUT2D eigenvalue weighted by Gasteiger charge is 2.19. The number of carbonyl (C=O) groups excluding carboxylic acids is 3. The van der Waals surface area contributed by atoms with Gasteiger partial charge in [-0.15, -0.1) is 0 Å². The monoisotopic (exact) mass is 1100 g/mol. The molecule has 0 saturated carbocycles. The standard InChI is InChI=1S/C73H126O6/c1-4-7-10-13-16-19-22-25-27-28-29-30-31-32-33-34-35-36-37-38-39-40-41-42-43-44-46-48-51-54-57-60-63-66-72(75)78-69-70(68-77-71(74)65-62-59-56-53-50-47-24-21-18-15-12-9-6-3)79-73(76)67-64-61-58-55-52-49-45-26-23-20-17-14-11-8-5-2/h7-8,10-11,16-17,19-21,24-27,29-30,45,70H,4-6,9,12-15,18,22-23,28,31-44,46-69H2,1-3H3/b10-7-,11-8-,19-16-,20-17-,24-21-,27-25-,30-29-,45-26-. The molecule has 0 aromatic carbocycles. The smallest absolute Gasteiger partial charge is 0.306 e. The van der Waals surface area contributed by atoms with Crippen LogP contribution in [0.15, 0.2) is 97.2 Å². The lowest BCUT2D eigenvalue weighted by molar-refractivity contribution is -0.167. The van der Waals surface area contributed by atoms with Crippen molar-refractivity contribution < 1.29 is 28.6 Å². The van der Waals surface area contributed by atoms with Crippen molar-refractivity contribution in [2.24, 2.45) is 0 Å². The molecule has 0 fully saturated rings. The van der Waals surface area contributed by atoms with Gasteiger partial charge in [0, 0.05) is 19.3 Å². The Hall–Kier alpha value is -3.67. The van der Waals surface area contributed by atoms with Crippen LogP contribution in [0.25, 0.3) is 0 Å². The van der Waals surface area contributed by atoms with E-state index in [1.54, 1.807) is 0 Å². The third-order valence-electron chi connectivity index (χ3n) is 14.6. The molecule has 0 bridgehead atoms. The number of hydrogen-bond acceptors (Lipinski definition) is 6. The van der Waals surface area contributed by atoms with Crippen LogP contribution in [0.5, 0.6) is 0 Å². The Balaban J connectivity index is 4.14. The minimum atomic E-state index is -0.789. The Kier molecular flexibility index (Phi) is 63.7. The summed E-state index contributed by atoms with van der Waals surface area (Å²) in [5, 5.41) is 0. The predicted molar refractivity (Wildman–Crippen MR) is 344 cm³/mol. The zero-order chi connectivity index (χ0) is 57.1. The number of rotatable bonds is 61. The van der Waals surface area contributed by atoms with Crippen molar-refractivity contribution in [1.82, 2.24) is 0 Å². The lowest BCUT2D eigenvalue weighted by Crippen LogP contribution is -2.30. The Morgan fingerprint density at radius 3 is 0.785 bits per heavy atom. The van der Waals surface area contributed by atoms with Gasteiger partial charge in [-0.3, -0.25) is 14.4 Å². The fraction of sp³-hybridized carbons (Fsp3) is 0.740. The molecule has 0 radical (unpaired) electrons. The van der Waals surface area contributed by atoms with Crippen molar-refractivity contribution >= 4 is 17.9 Å². The van der Waals surface area contributed by atoms with Gasteiger partial charge in [0.1, 0.15) is 13.2 Å². The van der Waals surface area contributed by atoms with Gasteiger partial charge in [-0.05, 0) is 116 Å². The van der Waals surface area contributed by atoms with Crippen molar-refractivity contribution in [3.05, 3.63) is 97.2 Å². The van der Waals surface area contributed by atoms with E-state index < -0.39 is 6.10 Å². The number of unbranched alkanes of at least 4 members (excludes halogenated alkanes) is 34. The SMILES string of the molecule is CC/C=C\C/C=C\C/C=C\C/C=C\CCCCCCCCCCCCCCCCCCCCCCC(=O)OCC(COC(=O)CCCCCCC/C=C\CCCCCC)OC(=O)CCCCCCC/C=C\C/C=C\C/C=C\CC. The molecule has 0 aromatic heterocycles. The molecule has 0 rings (SSSR count). The summed E-state index contributed by atoms with van der Waals surface area (Å²) in [6.45, 7) is 6.41. The second-order valence-electron chi connectivity index (χ2n) is 22.3. The first-order chi connectivity index (χ1) is 39.0. The van der Waals surface area contributed by atoms with Gasteiger partial charge >= 0.3 is 17.9 Å². The van der Waals surface area contributed by atoms with Gasteiger partial charge in [-0.2, -0.15) is 0 Å². The zero-order valence-corrected chi connectivity index (χ0v) is 52.1. The summed E-state index contributed by atoms with van der Waals surface area (Å²) in [5.41, 5.74) is 0. The van der Waals surface area contributed by atoms with Crippen LogP contribution in [-0.2, 0) is 28.6 Å². The molecule has 0 saturated heterocycles. The average molecular weight is 1100 g/mol. The van der Waals surface area contributed by atoms with Gasteiger partial charge in [0.15, 0.2) is 6.10 Å². The first-order valence-electron chi connectivity index (χ1n) is 33.7. The molecule has 454 valence electrons. The molecule has 0 amide bonds. The van der Waals surface area contributed by atoms with Crippen molar-refractivity contribution in [2.45, 2.75) is 335 Å². The lowest BCUT2D eigenvalue weighted by Gasteiger charge is -2.18. The van der Waals surface area contributed by atoms with Crippen molar-refractivity contribution in [2.75, 3.05) is 13.2 Å². The first-order valence-corrected chi connectivity index (χ1v) is 33.7.